The molecule has 1 saturated heterocycles. The number of nitrogens with zero attached hydrogens (tertiary/aromatic N) is 2. The highest BCUT2D eigenvalue weighted by molar-refractivity contribution is 5.99. The zero-order chi connectivity index (χ0) is 21.4. The molecule has 8 nitrogen and oxygen atoms in total. The van der Waals surface area contributed by atoms with Crippen molar-refractivity contribution in [2.24, 2.45) is 0 Å². The van der Waals surface area contributed by atoms with Gasteiger partial charge >= 0.3 is 5.97 Å². The lowest BCUT2D eigenvalue weighted by Crippen LogP contribution is -2.36. The van der Waals surface area contributed by atoms with Gasteiger partial charge in [-0.3, -0.25) is 9.59 Å². The van der Waals surface area contributed by atoms with E-state index in [9.17, 15) is 14.4 Å². The lowest BCUT2D eigenvalue weighted by molar-refractivity contribution is -0.129. The number of carbonyl (C=O) groups excluding carboxylic acids is 2. The van der Waals surface area contributed by atoms with E-state index in [0.29, 0.717) is 24.1 Å². The second-order valence-electron chi connectivity index (χ2n) is 7.46. The van der Waals surface area contributed by atoms with E-state index in [1.165, 1.54) is 6.07 Å². The molecule has 8 heteroatoms. The largest absolute Gasteiger partial charge is 0.462 e. The van der Waals surface area contributed by atoms with Crippen molar-refractivity contribution in [3.8, 4) is 0 Å². The Labute approximate surface area is 172 Å². The minimum atomic E-state index is -0.630. The van der Waals surface area contributed by atoms with E-state index in [1.807, 2.05) is 17.0 Å². The first-order chi connectivity index (χ1) is 14.4. The number of nitrogen functional groups attached to an aromatic ring is 1. The molecule has 2 aromatic heterocycles. The Bertz CT molecular complexity index is 1210. The van der Waals surface area contributed by atoms with Crippen molar-refractivity contribution in [2.45, 2.75) is 32.6 Å². The van der Waals surface area contributed by atoms with Gasteiger partial charge in [0.2, 0.25) is 17.0 Å². The fourth-order valence-electron chi connectivity index (χ4n) is 3.97. The van der Waals surface area contributed by atoms with Gasteiger partial charge in [0.05, 0.1) is 17.4 Å². The predicted octanol–water partition coefficient (Wildman–Crippen LogP) is 2.83. The molecular formula is C22H23N3O5. The zero-order valence-electron chi connectivity index (χ0n) is 16.9. The summed E-state index contributed by atoms with van der Waals surface area (Å²) in [6.07, 6.45) is 1.68. The molecule has 0 radical (unpaired) electrons. The van der Waals surface area contributed by atoms with E-state index in [2.05, 4.69) is 4.98 Å². The lowest BCUT2D eigenvalue weighted by Gasteiger charge is -2.31. The quantitative estimate of drug-likeness (QED) is 0.522. The summed E-state index contributed by atoms with van der Waals surface area (Å²) in [4.78, 5) is 42.8. The maximum absolute atomic E-state index is 13.2. The molecule has 3 aromatic rings. The van der Waals surface area contributed by atoms with Crippen molar-refractivity contribution in [1.29, 1.82) is 0 Å². The van der Waals surface area contributed by atoms with Crippen LogP contribution >= 0.6 is 0 Å². The number of aromatic nitrogens is 1. The topological polar surface area (TPSA) is 116 Å². The Morgan fingerprint density at radius 2 is 1.97 bits per heavy atom. The number of likely N-dealkylation sites (tertiary alicyclic amines) is 1. The molecule has 1 aliphatic heterocycles. The number of amides is 1. The number of ether oxygens (including phenoxy) is 1. The molecule has 1 fully saturated rings. The van der Waals surface area contributed by atoms with Crippen LogP contribution in [-0.4, -0.2) is 41.5 Å². The highest BCUT2D eigenvalue weighted by atomic mass is 16.5. The summed E-state index contributed by atoms with van der Waals surface area (Å²) in [7, 11) is 0. The normalized spacial score (nSPS) is 14.9. The van der Waals surface area contributed by atoms with Gasteiger partial charge in [0.15, 0.2) is 0 Å². The van der Waals surface area contributed by atoms with Gasteiger partial charge in [-0.2, -0.15) is 4.98 Å². The fraction of sp³-hybridized carbons (Fsp3) is 0.364. The Balaban J connectivity index is 1.76. The van der Waals surface area contributed by atoms with E-state index < -0.39 is 5.97 Å². The maximum Gasteiger partial charge on any atom is 0.341 e. The molecule has 0 saturated carbocycles. The van der Waals surface area contributed by atoms with Gasteiger partial charge < -0.3 is 19.8 Å². The van der Waals surface area contributed by atoms with Crippen LogP contribution < -0.4 is 11.2 Å². The number of esters is 1. The van der Waals surface area contributed by atoms with E-state index in [4.69, 9.17) is 14.9 Å². The van der Waals surface area contributed by atoms with Crippen molar-refractivity contribution < 1.29 is 18.7 Å². The number of benzene rings is 1. The van der Waals surface area contributed by atoms with Crippen LogP contribution in [0.4, 0.5) is 5.82 Å². The second kappa shape index (κ2) is 7.78. The number of piperidine rings is 1. The molecule has 0 bridgehead atoms. The van der Waals surface area contributed by atoms with E-state index >= 15 is 0 Å². The van der Waals surface area contributed by atoms with Crippen molar-refractivity contribution in [3.63, 3.8) is 0 Å². The molecule has 4 rings (SSSR count). The molecule has 156 valence electrons. The molecule has 0 spiro atoms. The third kappa shape index (κ3) is 3.49. The van der Waals surface area contributed by atoms with Crippen LogP contribution in [-0.2, 0) is 9.53 Å². The van der Waals surface area contributed by atoms with Gasteiger partial charge in [0.25, 0.3) is 0 Å². The molecule has 1 amide bonds. The number of rotatable bonds is 3. The number of nitrogens with two attached hydrogens (primary N) is 1. The monoisotopic (exact) mass is 409 g/mol. The van der Waals surface area contributed by atoms with Gasteiger partial charge in [-0.05, 0) is 49.4 Å². The van der Waals surface area contributed by atoms with E-state index in [0.717, 1.165) is 18.4 Å². The summed E-state index contributed by atoms with van der Waals surface area (Å²) >= 11 is 0. The van der Waals surface area contributed by atoms with Crippen molar-refractivity contribution >= 4 is 39.8 Å². The first kappa shape index (κ1) is 19.9. The Kier molecular flexibility index (Phi) is 5.15. The minimum Gasteiger partial charge on any atom is -0.462 e. The van der Waals surface area contributed by atoms with Crippen LogP contribution in [0.1, 0.15) is 48.5 Å². The molecular weight excluding hydrogens is 386 g/mol. The molecule has 30 heavy (non-hydrogen) atoms. The fourth-order valence-corrected chi connectivity index (χ4v) is 3.97. The van der Waals surface area contributed by atoms with Gasteiger partial charge in [0, 0.05) is 20.0 Å². The number of pyridine rings is 1. The van der Waals surface area contributed by atoms with Gasteiger partial charge in [-0.15, -0.1) is 0 Å². The van der Waals surface area contributed by atoms with Crippen molar-refractivity contribution in [1.82, 2.24) is 9.88 Å². The summed E-state index contributed by atoms with van der Waals surface area (Å²) < 4.78 is 10.8. The first-order valence-electron chi connectivity index (χ1n) is 9.98. The summed E-state index contributed by atoms with van der Waals surface area (Å²) in [5.41, 5.74) is 7.17. The molecule has 0 atom stereocenters. The average Bonchev–Trinajstić information content (AvgIpc) is 2.73. The Morgan fingerprint density at radius 1 is 1.23 bits per heavy atom. The molecule has 0 unspecified atom stereocenters. The maximum atomic E-state index is 13.2. The van der Waals surface area contributed by atoms with Crippen LogP contribution in [0.25, 0.3) is 22.1 Å². The third-order valence-corrected chi connectivity index (χ3v) is 5.62. The SMILES string of the molecule is CCOC(=O)c1cc2c(=O)c3cc(C4CCN(C(C)=O)CC4)ccc3oc2nc1N. The lowest BCUT2D eigenvalue weighted by atomic mass is 9.88. The predicted molar refractivity (Wildman–Crippen MR) is 112 cm³/mol. The van der Waals surface area contributed by atoms with Crippen LogP contribution in [0, 0.1) is 0 Å². The highest BCUT2D eigenvalue weighted by Crippen LogP contribution is 2.30. The minimum absolute atomic E-state index is 0.0442. The number of hydrogen-bond donors (Lipinski definition) is 1. The van der Waals surface area contributed by atoms with Crippen molar-refractivity contribution in [2.75, 3.05) is 25.4 Å². The Hall–Kier alpha value is -3.42. The highest BCUT2D eigenvalue weighted by Gasteiger charge is 2.23. The standard InChI is InChI=1S/C22H23N3O5/c1-3-29-22(28)17-11-16-19(27)15-10-14(13-6-8-25(9-7-13)12(2)26)4-5-18(15)30-21(16)24-20(17)23/h4-5,10-11,13H,3,6-9H2,1-2H3,(H2,23,24). The molecule has 0 aliphatic carbocycles. The van der Waals surface area contributed by atoms with E-state index in [-0.39, 0.29) is 46.3 Å². The molecule has 3 heterocycles. The third-order valence-electron chi connectivity index (χ3n) is 5.62. The van der Waals surface area contributed by atoms with Crippen molar-refractivity contribution in [3.05, 3.63) is 45.6 Å². The molecule has 1 aromatic carbocycles. The summed E-state index contributed by atoms with van der Waals surface area (Å²) in [5, 5.41) is 0.610. The van der Waals surface area contributed by atoms with Crippen LogP contribution in [0.3, 0.4) is 0 Å². The molecule has 2 N–H and O–H groups in total. The summed E-state index contributed by atoms with van der Waals surface area (Å²) in [6.45, 7) is 4.87. The summed E-state index contributed by atoms with van der Waals surface area (Å²) in [5.74, 6) is -0.324. The number of anilines is 1. The van der Waals surface area contributed by atoms with Gasteiger partial charge in [-0.1, -0.05) is 6.07 Å². The number of hydrogen-bond acceptors (Lipinski definition) is 7. The zero-order valence-corrected chi connectivity index (χ0v) is 16.9. The average molecular weight is 409 g/mol. The van der Waals surface area contributed by atoms with Crippen LogP contribution in [0.15, 0.2) is 33.5 Å². The van der Waals surface area contributed by atoms with Gasteiger partial charge in [0.1, 0.15) is 17.0 Å². The van der Waals surface area contributed by atoms with Crippen LogP contribution in [0.2, 0.25) is 0 Å². The number of fused-ring (bicyclic) bond motifs is 2. The van der Waals surface area contributed by atoms with E-state index in [1.54, 1.807) is 19.9 Å². The first-order valence-corrected chi connectivity index (χ1v) is 9.98. The second-order valence-corrected chi connectivity index (χ2v) is 7.46. The number of carbonyl (C=O) groups is 2. The smallest absolute Gasteiger partial charge is 0.341 e. The van der Waals surface area contributed by atoms with Gasteiger partial charge in [-0.25, -0.2) is 4.79 Å². The van der Waals surface area contributed by atoms with Crippen LogP contribution in [0.5, 0.6) is 0 Å². The molecule has 1 aliphatic rings. The Morgan fingerprint density at radius 3 is 2.63 bits per heavy atom. The summed E-state index contributed by atoms with van der Waals surface area (Å²) in [6, 6.07) is 6.94.